The van der Waals surface area contributed by atoms with Crippen LogP contribution in [0, 0.1) is 5.82 Å². The molecule has 22 heavy (non-hydrogen) atoms. The van der Waals surface area contributed by atoms with Gasteiger partial charge in [-0.15, -0.1) is 0 Å². The van der Waals surface area contributed by atoms with Crippen molar-refractivity contribution in [3.8, 4) is 5.75 Å². The minimum absolute atomic E-state index is 0.128. The van der Waals surface area contributed by atoms with Gasteiger partial charge in [0.15, 0.2) is 17.5 Å². The van der Waals surface area contributed by atoms with Crippen molar-refractivity contribution in [1.29, 1.82) is 0 Å². The smallest absolute Gasteiger partial charge is 0.193 e. The number of halogens is 1. The lowest BCUT2D eigenvalue weighted by molar-refractivity contribution is 0.385. The number of nitrogens with zero attached hydrogens (tertiary/aromatic N) is 2. The highest BCUT2D eigenvalue weighted by molar-refractivity contribution is 7.99. The lowest BCUT2D eigenvalue weighted by Crippen LogP contribution is -2.43. The second-order valence-electron chi connectivity index (χ2n) is 5.69. The van der Waals surface area contributed by atoms with Crippen molar-refractivity contribution in [3.05, 3.63) is 29.6 Å². The van der Waals surface area contributed by atoms with E-state index in [4.69, 9.17) is 4.74 Å². The molecule has 0 amide bonds. The molecule has 0 aliphatic rings. The first-order valence-corrected chi connectivity index (χ1v) is 8.35. The number of methoxy groups -OCH3 is 1. The number of rotatable bonds is 6. The van der Waals surface area contributed by atoms with Crippen molar-refractivity contribution in [3.63, 3.8) is 0 Å². The van der Waals surface area contributed by atoms with E-state index < -0.39 is 0 Å². The Morgan fingerprint density at radius 1 is 1.45 bits per heavy atom. The van der Waals surface area contributed by atoms with E-state index in [9.17, 15) is 4.39 Å². The number of hydrogen-bond donors (Lipinski definition) is 1. The summed E-state index contributed by atoms with van der Waals surface area (Å²) in [6, 6.07) is 5.00. The summed E-state index contributed by atoms with van der Waals surface area (Å²) < 4.78 is 18.8. The molecule has 1 rings (SSSR count). The maximum absolute atomic E-state index is 13.7. The zero-order valence-electron chi connectivity index (χ0n) is 14.2. The van der Waals surface area contributed by atoms with Crippen LogP contribution in [0.15, 0.2) is 23.2 Å². The van der Waals surface area contributed by atoms with Crippen molar-refractivity contribution in [2.45, 2.75) is 25.1 Å². The molecular weight excluding hydrogens is 301 g/mol. The fourth-order valence-electron chi connectivity index (χ4n) is 1.91. The van der Waals surface area contributed by atoms with Gasteiger partial charge in [0.25, 0.3) is 0 Å². The van der Waals surface area contributed by atoms with Crippen LogP contribution in [0.4, 0.5) is 4.39 Å². The van der Waals surface area contributed by atoms with Gasteiger partial charge in [-0.3, -0.25) is 4.99 Å². The molecule has 4 nitrogen and oxygen atoms in total. The van der Waals surface area contributed by atoms with E-state index in [1.165, 1.54) is 13.2 Å². The Morgan fingerprint density at radius 2 is 2.14 bits per heavy atom. The van der Waals surface area contributed by atoms with Gasteiger partial charge in [0, 0.05) is 31.9 Å². The van der Waals surface area contributed by atoms with Crippen LogP contribution >= 0.6 is 11.8 Å². The summed E-state index contributed by atoms with van der Waals surface area (Å²) in [6.45, 7) is 5.73. The standard InChI is InChI=1S/C16H26FN3OS/c1-16(2,22-6)11-19-15(18-3)20(4)10-12-7-8-14(21-5)13(17)9-12/h7-9H,10-11H2,1-6H3,(H,18,19). The molecule has 1 aromatic carbocycles. The van der Waals surface area contributed by atoms with Crippen molar-refractivity contribution in [2.75, 3.05) is 34.0 Å². The summed E-state index contributed by atoms with van der Waals surface area (Å²) in [5, 5.41) is 3.35. The zero-order chi connectivity index (χ0) is 16.8. The van der Waals surface area contributed by atoms with Crippen LogP contribution in [0.5, 0.6) is 5.75 Å². The molecule has 0 saturated heterocycles. The third-order valence-electron chi connectivity index (χ3n) is 3.43. The second kappa shape index (κ2) is 8.27. The predicted octanol–water partition coefficient (Wildman–Crippen LogP) is 2.98. The van der Waals surface area contributed by atoms with Crippen molar-refractivity contribution in [2.24, 2.45) is 4.99 Å². The van der Waals surface area contributed by atoms with Gasteiger partial charge in [-0.1, -0.05) is 6.07 Å². The number of thioether (sulfide) groups is 1. The van der Waals surface area contributed by atoms with Gasteiger partial charge in [0.2, 0.25) is 0 Å². The van der Waals surface area contributed by atoms with E-state index in [0.29, 0.717) is 6.54 Å². The normalized spacial score (nSPS) is 12.2. The van der Waals surface area contributed by atoms with Gasteiger partial charge in [0.05, 0.1) is 7.11 Å². The summed E-state index contributed by atoms with van der Waals surface area (Å²) >= 11 is 1.80. The highest BCUT2D eigenvalue weighted by Crippen LogP contribution is 2.20. The molecule has 0 fully saturated rings. The minimum atomic E-state index is -0.347. The average Bonchev–Trinajstić information content (AvgIpc) is 2.48. The SMILES string of the molecule is CN=C(NCC(C)(C)SC)N(C)Cc1ccc(OC)c(F)c1. The fourth-order valence-corrected chi connectivity index (χ4v) is 2.12. The van der Waals surface area contributed by atoms with E-state index in [1.54, 1.807) is 24.9 Å². The zero-order valence-corrected chi connectivity index (χ0v) is 15.1. The lowest BCUT2D eigenvalue weighted by atomic mass is 10.2. The number of nitrogens with one attached hydrogen (secondary N) is 1. The van der Waals surface area contributed by atoms with E-state index in [-0.39, 0.29) is 16.3 Å². The Bertz CT molecular complexity index is 520. The van der Waals surface area contributed by atoms with Crippen molar-refractivity contribution >= 4 is 17.7 Å². The molecule has 0 unspecified atom stereocenters. The molecule has 0 spiro atoms. The molecule has 0 atom stereocenters. The van der Waals surface area contributed by atoms with Gasteiger partial charge >= 0.3 is 0 Å². The predicted molar refractivity (Wildman–Crippen MR) is 93.4 cm³/mol. The Morgan fingerprint density at radius 3 is 2.64 bits per heavy atom. The fraction of sp³-hybridized carbons (Fsp3) is 0.562. The van der Waals surface area contributed by atoms with Crippen LogP contribution in [0.2, 0.25) is 0 Å². The Kier molecular flexibility index (Phi) is 7.00. The Hall–Kier alpha value is -1.43. The molecular formula is C16H26FN3OS. The number of aliphatic imine (C=N–C) groups is 1. The van der Waals surface area contributed by atoms with Crippen LogP contribution in [-0.2, 0) is 6.54 Å². The minimum Gasteiger partial charge on any atom is -0.494 e. The van der Waals surface area contributed by atoms with Gasteiger partial charge in [0.1, 0.15) is 0 Å². The average molecular weight is 327 g/mol. The van der Waals surface area contributed by atoms with E-state index in [1.807, 2.05) is 18.0 Å². The first-order chi connectivity index (χ1) is 10.3. The Balaban J connectivity index is 2.69. The molecule has 0 aliphatic carbocycles. The summed E-state index contributed by atoms with van der Waals surface area (Å²) in [7, 11) is 5.15. The lowest BCUT2D eigenvalue weighted by Gasteiger charge is -2.27. The van der Waals surface area contributed by atoms with Crippen LogP contribution < -0.4 is 10.1 Å². The number of hydrogen-bond acceptors (Lipinski definition) is 3. The molecule has 0 aliphatic heterocycles. The summed E-state index contributed by atoms with van der Waals surface area (Å²) in [5.41, 5.74) is 0.868. The molecule has 124 valence electrons. The second-order valence-corrected chi connectivity index (χ2v) is 7.20. The highest BCUT2D eigenvalue weighted by Gasteiger charge is 2.17. The summed E-state index contributed by atoms with van der Waals surface area (Å²) in [4.78, 5) is 6.25. The maximum atomic E-state index is 13.7. The van der Waals surface area contributed by atoms with Gasteiger partial charge in [-0.25, -0.2) is 4.39 Å². The summed E-state index contributed by atoms with van der Waals surface area (Å²) in [5.74, 6) is 0.703. The molecule has 0 saturated carbocycles. The van der Waals surface area contributed by atoms with Gasteiger partial charge in [-0.05, 0) is 37.8 Å². The van der Waals surface area contributed by atoms with Gasteiger partial charge < -0.3 is 15.0 Å². The van der Waals surface area contributed by atoms with Crippen molar-refractivity contribution < 1.29 is 9.13 Å². The number of guanidine groups is 1. The monoisotopic (exact) mass is 327 g/mol. The molecule has 0 heterocycles. The molecule has 0 radical (unpaired) electrons. The van der Waals surface area contributed by atoms with Gasteiger partial charge in [-0.2, -0.15) is 11.8 Å². The highest BCUT2D eigenvalue weighted by atomic mass is 32.2. The van der Waals surface area contributed by atoms with Crippen LogP contribution in [-0.4, -0.2) is 49.6 Å². The number of ether oxygens (including phenoxy) is 1. The number of benzene rings is 1. The van der Waals surface area contributed by atoms with Crippen LogP contribution in [0.1, 0.15) is 19.4 Å². The van der Waals surface area contributed by atoms with Crippen LogP contribution in [0.3, 0.4) is 0 Å². The van der Waals surface area contributed by atoms with E-state index in [2.05, 4.69) is 30.4 Å². The van der Waals surface area contributed by atoms with E-state index in [0.717, 1.165) is 18.1 Å². The molecule has 0 aromatic heterocycles. The third-order valence-corrected chi connectivity index (χ3v) is 4.68. The topological polar surface area (TPSA) is 36.9 Å². The molecule has 6 heteroatoms. The largest absolute Gasteiger partial charge is 0.494 e. The van der Waals surface area contributed by atoms with E-state index >= 15 is 0 Å². The Labute approximate surface area is 137 Å². The molecule has 1 N–H and O–H groups in total. The quantitative estimate of drug-likeness (QED) is 0.644. The molecule has 1 aromatic rings. The van der Waals surface area contributed by atoms with Crippen LogP contribution in [0.25, 0.3) is 0 Å². The first kappa shape index (κ1) is 18.6. The van der Waals surface area contributed by atoms with Crippen molar-refractivity contribution in [1.82, 2.24) is 10.2 Å². The third kappa shape index (κ3) is 5.40. The maximum Gasteiger partial charge on any atom is 0.193 e. The molecule has 0 bridgehead atoms. The first-order valence-electron chi connectivity index (χ1n) is 7.12. The summed E-state index contributed by atoms with van der Waals surface area (Å²) in [6.07, 6.45) is 2.09.